The fourth-order valence-electron chi connectivity index (χ4n) is 3.92. The van der Waals surface area contributed by atoms with E-state index in [0.29, 0.717) is 11.6 Å². The summed E-state index contributed by atoms with van der Waals surface area (Å²) in [6.07, 6.45) is 5.96. The van der Waals surface area contributed by atoms with Crippen LogP contribution in [0.5, 0.6) is 11.5 Å². The molecule has 0 spiro atoms. The number of hydrogen-bond acceptors (Lipinski definition) is 3. The largest absolute Gasteiger partial charge is 0.457 e. The van der Waals surface area contributed by atoms with Gasteiger partial charge in [-0.05, 0) is 48.7 Å². The minimum absolute atomic E-state index is 0.382. The van der Waals surface area contributed by atoms with Gasteiger partial charge in [0, 0.05) is 17.3 Å². The monoisotopic (exact) mass is 386 g/mol. The molecule has 0 heterocycles. The van der Waals surface area contributed by atoms with Crippen LogP contribution in [0.4, 0.5) is 5.69 Å². The van der Waals surface area contributed by atoms with Gasteiger partial charge in [-0.15, -0.1) is 0 Å². The second-order valence-corrected chi connectivity index (χ2v) is 7.52. The molecule has 4 rings (SSSR count). The third-order valence-electron chi connectivity index (χ3n) is 5.42. The molecule has 0 saturated heterocycles. The molecular weight excluding hydrogens is 360 g/mol. The summed E-state index contributed by atoms with van der Waals surface area (Å²) in [5.74, 6) is 1.15. The molecule has 4 heteroatoms. The summed E-state index contributed by atoms with van der Waals surface area (Å²) in [5, 5.41) is 3.57. The van der Waals surface area contributed by atoms with Gasteiger partial charge in [-0.2, -0.15) is 0 Å². The molecular formula is C25H26N2O2. The van der Waals surface area contributed by atoms with E-state index >= 15 is 0 Å². The average molecular weight is 386 g/mol. The summed E-state index contributed by atoms with van der Waals surface area (Å²) in [6.45, 7) is 0. The van der Waals surface area contributed by atoms with E-state index < -0.39 is 5.91 Å². The molecule has 0 atom stereocenters. The van der Waals surface area contributed by atoms with E-state index in [2.05, 4.69) is 5.32 Å². The van der Waals surface area contributed by atoms with Crippen molar-refractivity contribution >= 4 is 11.6 Å². The predicted molar refractivity (Wildman–Crippen MR) is 117 cm³/mol. The van der Waals surface area contributed by atoms with E-state index in [-0.39, 0.29) is 0 Å². The van der Waals surface area contributed by atoms with E-state index in [1.54, 1.807) is 0 Å². The van der Waals surface area contributed by atoms with Gasteiger partial charge in [0.15, 0.2) is 0 Å². The van der Waals surface area contributed by atoms with Gasteiger partial charge in [0.2, 0.25) is 0 Å². The number of rotatable bonds is 6. The van der Waals surface area contributed by atoms with Gasteiger partial charge >= 0.3 is 0 Å². The Bertz CT molecular complexity index is 979. The van der Waals surface area contributed by atoms with Gasteiger partial charge < -0.3 is 15.8 Å². The zero-order valence-corrected chi connectivity index (χ0v) is 16.4. The molecule has 0 unspecified atom stereocenters. The fraction of sp³-hybridized carbons (Fsp3) is 0.240. The Morgan fingerprint density at radius 1 is 0.897 bits per heavy atom. The van der Waals surface area contributed by atoms with E-state index in [1.807, 2.05) is 72.8 Å². The van der Waals surface area contributed by atoms with Gasteiger partial charge in [-0.25, -0.2) is 0 Å². The first-order chi connectivity index (χ1) is 14.2. The predicted octanol–water partition coefficient (Wildman–Crippen LogP) is 5.99. The summed E-state index contributed by atoms with van der Waals surface area (Å²) in [6, 6.07) is 23.8. The van der Waals surface area contributed by atoms with Gasteiger partial charge in [0.1, 0.15) is 11.5 Å². The first kappa shape index (κ1) is 19.1. The van der Waals surface area contributed by atoms with Crippen LogP contribution in [0.3, 0.4) is 0 Å². The topological polar surface area (TPSA) is 64.4 Å². The van der Waals surface area contributed by atoms with Crippen LogP contribution in [-0.4, -0.2) is 11.9 Å². The first-order valence-corrected chi connectivity index (χ1v) is 10.2. The van der Waals surface area contributed by atoms with Crippen LogP contribution in [-0.2, 0) is 0 Å². The summed E-state index contributed by atoms with van der Waals surface area (Å²) in [5.41, 5.74) is 8.92. The highest BCUT2D eigenvalue weighted by Crippen LogP contribution is 2.35. The van der Waals surface area contributed by atoms with Crippen LogP contribution in [0.2, 0.25) is 0 Å². The van der Waals surface area contributed by atoms with E-state index in [9.17, 15) is 4.79 Å². The molecule has 0 radical (unpaired) electrons. The van der Waals surface area contributed by atoms with Crippen molar-refractivity contribution < 1.29 is 9.53 Å². The van der Waals surface area contributed by atoms with Crippen LogP contribution in [0.1, 0.15) is 42.5 Å². The molecule has 4 nitrogen and oxygen atoms in total. The van der Waals surface area contributed by atoms with Crippen LogP contribution in [0, 0.1) is 0 Å². The number of anilines is 1. The second-order valence-electron chi connectivity index (χ2n) is 7.52. The third-order valence-corrected chi connectivity index (χ3v) is 5.42. The lowest BCUT2D eigenvalue weighted by Gasteiger charge is -2.25. The molecule has 3 aromatic carbocycles. The Morgan fingerprint density at radius 3 is 2.38 bits per heavy atom. The van der Waals surface area contributed by atoms with E-state index in [1.165, 1.54) is 19.3 Å². The standard InChI is InChI=1S/C25H26N2O2/c26-25(28)22-16-15-18(17-23(22)27-19-9-3-1-4-10-19)21-13-7-8-14-24(21)29-20-11-5-2-6-12-20/h2,5-8,11-17,19,27H,1,3-4,9-10H2,(H2,26,28). The maximum atomic E-state index is 12.0. The van der Waals surface area contributed by atoms with Crippen molar-refractivity contribution in [1.82, 2.24) is 0 Å². The number of ether oxygens (including phenoxy) is 1. The number of carbonyl (C=O) groups is 1. The average Bonchev–Trinajstić information content (AvgIpc) is 2.75. The van der Waals surface area contributed by atoms with Gasteiger partial charge in [-0.1, -0.05) is 61.7 Å². The van der Waals surface area contributed by atoms with Crippen LogP contribution in [0.15, 0.2) is 72.8 Å². The molecule has 1 aliphatic carbocycles. The normalized spacial score (nSPS) is 14.3. The number of nitrogens with one attached hydrogen (secondary N) is 1. The van der Waals surface area contributed by atoms with Crippen LogP contribution < -0.4 is 15.8 Å². The number of amides is 1. The van der Waals surface area contributed by atoms with Gasteiger partial charge in [0.25, 0.3) is 5.91 Å². The van der Waals surface area contributed by atoms with Crippen molar-refractivity contribution in [2.75, 3.05) is 5.32 Å². The highest BCUT2D eigenvalue weighted by molar-refractivity contribution is 5.99. The van der Waals surface area contributed by atoms with Crippen LogP contribution >= 0.6 is 0 Å². The molecule has 0 aromatic heterocycles. The van der Waals surface area contributed by atoms with Crippen molar-refractivity contribution in [3.63, 3.8) is 0 Å². The Balaban J connectivity index is 1.68. The zero-order chi connectivity index (χ0) is 20.1. The highest BCUT2D eigenvalue weighted by atomic mass is 16.5. The molecule has 1 saturated carbocycles. The fourth-order valence-corrected chi connectivity index (χ4v) is 3.92. The maximum Gasteiger partial charge on any atom is 0.250 e. The molecule has 1 fully saturated rings. The zero-order valence-electron chi connectivity index (χ0n) is 16.4. The molecule has 1 amide bonds. The van der Waals surface area contributed by atoms with Crippen molar-refractivity contribution in [1.29, 1.82) is 0 Å². The van der Waals surface area contributed by atoms with Crippen molar-refractivity contribution in [3.05, 3.63) is 78.4 Å². The number of benzene rings is 3. The van der Waals surface area contributed by atoms with Gasteiger partial charge in [0.05, 0.1) is 5.56 Å². The Morgan fingerprint density at radius 2 is 1.62 bits per heavy atom. The minimum Gasteiger partial charge on any atom is -0.457 e. The van der Waals surface area contributed by atoms with Crippen molar-refractivity contribution in [2.24, 2.45) is 5.73 Å². The van der Waals surface area contributed by atoms with Crippen molar-refractivity contribution in [2.45, 2.75) is 38.1 Å². The van der Waals surface area contributed by atoms with E-state index in [0.717, 1.165) is 41.2 Å². The Labute approximate surface area is 171 Å². The quantitative estimate of drug-likeness (QED) is 0.547. The number of primary amides is 1. The number of carbonyl (C=O) groups excluding carboxylic acids is 1. The molecule has 0 bridgehead atoms. The lowest BCUT2D eigenvalue weighted by atomic mass is 9.94. The molecule has 1 aliphatic rings. The molecule has 148 valence electrons. The summed E-state index contributed by atoms with van der Waals surface area (Å²) >= 11 is 0. The van der Waals surface area contributed by atoms with Crippen molar-refractivity contribution in [3.8, 4) is 22.6 Å². The summed E-state index contributed by atoms with van der Waals surface area (Å²) in [4.78, 5) is 12.0. The lowest BCUT2D eigenvalue weighted by molar-refractivity contribution is 0.100. The molecule has 29 heavy (non-hydrogen) atoms. The Kier molecular flexibility index (Phi) is 5.80. The Hall–Kier alpha value is -3.27. The lowest BCUT2D eigenvalue weighted by Crippen LogP contribution is -2.24. The number of para-hydroxylation sites is 2. The maximum absolute atomic E-state index is 12.0. The molecule has 0 aliphatic heterocycles. The second kappa shape index (κ2) is 8.82. The summed E-state index contributed by atoms with van der Waals surface area (Å²) in [7, 11) is 0. The first-order valence-electron chi connectivity index (χ1n) is 10.2. The minimum atomic E-state index is -0.413. The molecule has 3 aromatic rings. The summed E-state index contributed by atoms with van der Waals surface area (Å²) < 4.78 is 6.12. The molecule has 3 N–H and O–H groups in total. The van der Waals surface area contributed by atoms with Crippen LogP contribution in [0.25, 0.3) is 11.1 Å². The van der Waals surface area contributed by atoms with Gasteiger partial charge in [-0.3, -0.25) is 4.79 Å². The number of hydrogen-bond donors (Lipinski definition) is 2. The SMILES string of the molecule is NC(=O)c1ccc(-c2ccccc2Oc2ccccc2)cc1NC1CCCCC1. The highest BCUT2D eigenvalue weighted by Gasteiger charge is 2.18. The smallest absolute Gasteiger partial charge is 0.250 e. The van der Waals surface area contributed by atoms with E-state index in [4.69, 9.17) is 10.5 Å². The number of nitrogens with two attached hydrogens (primary N) is 1. The third kappa shape index (κ3) is 4.60.